The zero-order valence-corrected chi connectivity index (χ0v) is 15.1. The van der Waals surface area contributed by atoms with E-state index in [-0.39, 0.29) is 5.91 Å². The number of rotatable bonds is 5. The Morgan fingerprint density at radius 3 is 2.80 bits per heavy atom. The minimum absolute atomic E-state index is 0.0259. The Bertz CT molecular complexity index is 645. The summed E-state index contributed by atoms with van der Waals surface area (Å²) in [5.74, 6) is 0.662. The molecule has 0 unspecified atom stereocenters. The number of benzene rings is 1. The number of hydrogen-bond acceptors (Lipinski definition) is 4. The highest BCUT2D eigenvalue weighted by molar-refractivity contribution is 6.32. The third kappa shape index (κ3) is 4.94. The molecule has 0 saturated carbocycles. The molecule has 0 radical (unpaired) electrons. The molecular formula is C19H24ClN3O2. The Morgan fingerprint density at radius 2 is 2.16 bits per heavy atom. The van der Waals surface area contributed by atoms with Crippen LogP contribution in [0, 0.1) is 17.2 Å². The van der Waals surface area contributed by atoms with Gasteiger partial charge >= 0.3 is 0 Å². The first-order valence-electron chi connectivity index (χ1n) is 8.99. The van der Waals surface area contributed by atoms with E-state index < -0.39 is 0 Å². The SMILES string of the molecule is N#Cc1ccc(NC(=O)CCN2CCC([C@@H]3CCCO3)CC2)cc1Cl. The van der Waals surface area contributed by atoms with Crippen molar-refractivity contribution in [2.45, 2.75) is 38.2 Å². The normalized spacial score (nSPS) is 21.8. The molecule has 0 aliphatic carbocycles. The molecule has 1 atom stereocenters. The molecule has 1 amide bonds. The van der Waals surface area contributed by atoms with E-state index in [2.05, 4.69) is 10.2 Å². The molecule has 2 aliphatic rings. The van der Waals surface area contributed by atoms with Crippen LogP contribution in [0.2, 0.25) is 5.02 Å². The van der Waals surface area contributed by atoms with E-state index in [1.807, 2.05) is 6.07 Å². The zero-order chi connectivity index (χ0) is 17.6. The van der Waals surface area contributed by atoms with Gasteiger partial charge in [0.1, 0.15) is 6.07 Å². The van der Waals surface area contributed by atoms with Gasteiger partial charge in [0.05, 0.1) is 16.7 Å². The van der Waals surface area contributed by atoms with Crippen molar-refractivity contribution in [3.05, 3.63) is 28.8 Å². The van der Waals surface area contributed by atoms with Gasteiger partial charge in [0.25, 0.3) is 0 Å². The fourth-order valence-corrected chi connectivity index (χ4v) is 3.91. The summed E-state index contributed by atoms with van der Waals surface area (Å²) < 4.78 is 5.80. The number of likely N-dealkylation sites (tertiary alicyclic amines) is 1. The quantitative estimate of drug-likeness (QED) is 0.872. The minimum atomic E-state index is -0.0259. The summed E-state index contributed by atoms with van der Waals surface area (Å²) in [5, 5.41) is 12.1. The first-order valence-corrected chi connectivity index (χ1v) is 9.37. The number of nitriles is 1. The van der Waals surface area contributed by atoms with E-state index >= 15 is 0 Å². The van der Waals surface area contributed by atoms with Crippen molar-refractivity contribution >= 4 is 23.2 Å². The Hall–Kier alpha value is -1.61. The summed E-state index contributed by atoms with van der Waals surface area (Å²) in [5.41, 5.74) is 1.04. The Labute approximate surface area is 153 Å². The van der Waals surface area contributed by atoms with E-state index in [9.17, 15) is 4.79 Å². The van der Waals surface area contributed by atoms with E-state index in [1.165, 1.54) is 12.8 Å². The van der Waals surface area contributed by atoms with Gasteiger partial charge in [0.15, 0.2) is 0 Å². The summed E-state index contributed by atoms with van der Waals surface area (Å²) >= 11 is 5.99. The number of nitrogens with zero attached hydrogens (tertiary/aromatic N) is 2. The molecule has 134 valence electrons. The molecule has 25 heavy (non-hydrogen) atoms. The number of piperidine rings is 1. The van der Waals surface area contributed by atoms with Gasteiger partial charge in [-0.25, -0.2) is 0 Å². The number of amides is 1. The lowest BCUT2D eigenvalue weighted by Crippen LogP contribution is -2.39. The van der Waals surface area contributed by atoms with Crippen LogP contribution in [0.1, 0.15) is 37.7 Å². The molecule has 0 aromatic heterocycles. The number of ether oxygens (including phenoxy) is 1. The summed E-state index contributed by atoms with van der Waals surface area (Å²) in [6.07, 6.45) is 5.66. The van der Waals surface area contributed by atoms with Crippen LogP contribution in [0.4, 0.5) is 5.69 Å². The highest BCUT2D eigenvalue weighted by Gasteiger charge is 2.29. The van der Waals surface area contributed by atoms with Gasteiger partial charge in [0, 0.05) is 25.3 Å². The second kappa shape index (κ2) is 8.66. The van der Waals surface area contributed by atoms with Crippen LogP contribution < -0.4 is 5.32 Å². The van der Waals surface area contributed by atoms with Gasteiger partial charge in [-0.15, -0.1) is 0 Å². The monoisotopic (exact) mass is 361 g/mol. The molecule has 1 aromatic carbocycles. The van der Waals surface area contributed by atoms with Crippen LogP contribution in [-0.4, -0.2) is 43.2 Å². The average Bonchev–Trinajstić information content (AvgIpc) is 3.15. The van der Waals surface area contributed by atoms with Crippen molar-refractivity contribution in [2.75, 3.05) is 31.6 Å². The van der Waals surface area contributed by atoms with Gasteiger partial charge in [-0.1, -0.05) is 11.6 Å². The largest absolute Gasteiger partial charge is 0.378 e. The molecule has 5 nitrogen and oxygen atoms in total. The maximum Gasteiger partial charge on any atom is 0.225 e. The van der Waals surface area contributed by atoms with Crippen LogP contribution in [0.15, 0.2) is 18.2 Å². The maximum atomic E-state index is 12.1. The van der Waals surface area contributed by atoms with Crippen molar-refractivity contribution in [1.29, 1.82) is 5.26 Å². The molecule has 1 aromatic rings. The van der Waals surface area contributed by atoms with Crippen LogP contribution in [0.3, 0.4) is 0 Å². The second-order valence-corrected chi connectivity index (χ2v) is 7.24. The smallest absolute Gasteiger partial charge is 0.225 e. The van der Waals surface area contributed by atoms with Crippen LogP contribution in [0.5, 0.6) is 0 Å². The van der Waals surface area contributed by atoms with Crippen LogP contribution >= 0.6 is 11.6 Å². The predicted octanol–water partition coefficient (Wildman–Crippen LogP) is 3.43. The van der Waals surface area contributed by atoms with Crippen molar-refractivity contribution in [1.82, 2.24) is 4.90 Å². The van der Waals surface area contributed by atoms with Gasteiger partial charge in [-0.2, -0.15) is 5.26 Å². The third-order valence-corrected chi connectivity index (χ3v) is 5.46. The van der Waals surface area contributed by atoms with Crippen molar-refractivity contribution in [2.24, 2.45) is 5.92 Å². The first kappa shape index (κ1) is 18.2. The summed E-state index contributed by atoms with van der Waals surface area (Å²) in [6, 6.07) is 6.95. The van der Waals surface area contributed by atoms with Gasteiger partial charge < -0.3 is 15.0 Å². The minimum Gasteiger partial charge on any atom is -0.378 e. The predicted molar refractivity (Wildman–Crippen MR) is 97.6 cm³/mol. The molecule has 2 fully saturated rings. The fraction of sp³-hybridized carbons (Fsp3) is 0.579. The molecule has 1 N–H and O–H groups in total. The number of nitrogens with one attached hydrogen (secondary N) is 1. The molecule has 0 bridgehead atoms. The average molecular weight is 362 g/mol. The number of carbonyl (C=O) groups excluding carboxylic acids is 1. The lowest BCUT2D eigenvalue weighted by atomic mass is 9.90. The Balaban J connectivity index is 1.39. The highest BCUT2D eigenvalue weighted by Crippen LogP contribution is 2.28. The van der Waals surface area contributed by atoms with Crippen molar-refractivity contribution < 1.29 is 9.53 Å². The number of anilines is 1. The number of hydrogen-bond donors (Lipinski definition) is 1. The Morgan fingerprint density at radius 1 is 1.36 bits per heavy atom. The summed E-state index contributed by atoms with van der Waals surface area (Å²) in [6.45, 7) is 3.78. The van der Waals surface area contributed by atoms with Crippen LogP contribution in [0.25, 0.3) is 0 Å². The molecule has 0 spiro atoms. The fourth-order valence-electron chi connectivity index (χ4n) is 3.69. The lowest BCUT2D eigenvalue weighted by molar-refractivity contribution is -0.116. The van der Waals surface area contributed by atoms with Gasteiger partial charge in [0.2, 0.25) is 5.91 Å². The number of carbonyl (C=O) groups is 1. The van der Waals surface area contributed by atoms with Gasteiger partial charge in [-0.05, 0) is 62.9 Å². The second-order valence-electron chi connectivity index (χ2n) is 6.84. The first-order chi connectivity index (χ1) is 12.2. The van der Waals surface area contributed by atoms with E-state index in [0.29, 0.717) is 34.7 Å². The molecule has 2 aliphatic heterocycles. The highest BCUT2D eigenvalue weighted by atomic mass is 35.5. The standard InChI is InChI=1S/C19H24ClN3O2/c20-17-12-16(4-3-15(17)13-21)22-19(24)7-10-23-8-5-14(6-9-23)18-2-1-11-25-18/h3-4,12,14,18H,1-2,5-11H2,(H,22,24)/t18-/m0/s1. The Kier molecular flexibility index (Phi) is 6.30. The van der Waals surface area contributed by atoms with E-state index in [4.69, 9.17) is 21.6 Å². The third-order valence-electron chi connectivity index (χ3n) is 5.15. The zero-order valence-electron chi connectivity index (χ0n) is 14.3. The molecular weight excluding hydrogens is 338 g/mol. The van der Waals surface area contributed by atoms with E-state index in [0.717, 1.165) is 39.1 Å². The van der Waals surface area contributed by atoms with Crippen molar-refractivity contribution in [3.63, 3.8) is 0 Å². The molecule has 6 heteroatoms. The molecule has 2 saturated heterocycles. The summed E-state index contributed by atoms with van der Waals surface area (Å²) in [4.78, 5) is 14.5. The lowest BCUT2D eigenvalue weighted by Gasteiger charge is -2.34. The number of halogens is 1. The van der Waals surface area contributed by atoms with Gasteiger partial charge in [-0.3, -0.25) is 4.79 Å². The summed E-state index contributed by atoms with van der Waals surface area (Å²) in [7, 11) is 0. The topological polar surface area (TPSA) is 65.4 Å². The maximum absolute atomic E-state index is 12.1. The van der Waals surface area contributed by atoms with Crippen molar-refractivity contribution in [3.8, 4) is 6.07 Å². The molecule has 3 rings (SSSR count). The van der Waals surface area contributed by atoms with Crippen LogP contribution in [-0.2, 0) is 9.53 Å². The molecule has 2 heterocycles. The van der Waals surface area contributed by atoms with E-state index in [1.54, 1.807) is 18.2 Å².